The molecular formula is C28H28N8. The van der Waals surface area contributed by atoms with Gasteiger partial charge in [-0.25, -0.2) is 0 Å². The zero-order chi connectivity index (χ0) is 25.2. The molecule has 1 heterocycles. The molecule has 0 radical (unpaired) electrons. The predicted molar refractivity (Wildman–Crippen MR) is 144 cm³/mol. The van der Waals surface area contributed by atoms with Gasteiger partial charge in [-0.1, -0.05) is 0 Å². The average Bonchev–Trinajstić information content (AvgIpc) is 2.93. The number of nitrogens with zero attached hydrogens (tertiary/aromatic N) is 8. The van der Waals surface area contributed by atoms with Crippen molar-refractivity contribution in [2.45, 2.75) is 20.8 Å². The van der Waals surface area contributed by atoms with Gasteiger partial charge in [-0.05, 0) is 105 Å². The normalized spacial score (nSPS) is 11.6. The molecule has 8 heteroatoms. The fourth-order valence-corrected chi connectivity index (χ4v) is 3.47. The van der Waals surface area contributed by atoms with Gasteiger partial charge in [0.25, 0.3) is 0 Å². The third kappa shape index (κ3) is 6.73. The monoisotopic (exact) mass is 476 g/mol. The zero-order valence-electron chi connectivity index (χ0n) is 20.7. The predicted octanol–water partition coefficient (Wildman–Crippen LogP) is 9.48. The Kier molecular flexibility index (Phi) is 8.32. The first-order valence-corrected chi connectivity index (χ1v) is 11.9. The molecule has 0 aliphatic heterocycles. The lowest BCUT2D eigenvalue weighted by Gasteiger charge is -2.20. The van der Waals surface area contributed by atoms with Crippen LogP contribution in [0.4, 0.5) is 39.8 Å². The van der Waals surface area contributed by atoms with Gasteiger partial charge in [-0.2, -0.15) is 30.7 Å². The molecule has 0 fully saturated rings. The van der Waals surface area contributed by atoms with Crippen molar-refractivity contribution in [1.82, 2.24) is 4.98 Å². The molecule has 0 atom stereocenters. The first-order valence-electron chi connectivity index (χ1n) is 11.9. The van der Waals surface area contributed by atoms with Crippen molar-refractivity contribution in [3.8, 4) is 0 Å². The Hall–Kier alpha value is -4.59. The SMILES string of the molecule is CCN(CC)c1ccc(N=Nc2ccc(N=Nc3ccc(N=Nc4ccncc4)cc3)c(C)c2)cc1. The number of aromatic nitrogens is 1. The molecule has 0 spiro atoms. The molecule has 36 heavy (non-hydrogen) atoms. The Morgan fingerprint density at radius 2 is 1.00 bits per heavy atom. The van der Waals surface area contributed by atoms with Gasteiger partial charge in [0, 0.05) is 31.2 Å². The van der Waals surface area contributed by atoms with Crippen LogP contribution < -0.4 is 4.90 Å². The third-order valence-corrected chi connectivity index (χ3v) is 5.51. The van der Waals surface area contributed by atoms with Crippen LogP contribution in [-0.2, 0) is 0 Å². The van der Waals surface area contributed by atoms with E-state index in [1.165, 1.54) is 5.69 Å². The van der Waals surface area contributed by atoms with Crippen LogP contribution in [0.5, 0.6) is 0 Å². The molecule has 4 rings (SSSR count). The smallest absolute Gasteiger partial charge is 0.0887 e. The number of hydrogen-bond acceptors (Lipinski definition) is 8. The van der Waals surface area contributed by atoms with E-state index in [2.05, 4.69) is 66.5 Å². The summed E-state index contributed by atoms with van der Waals surface area (Å²) in [6.45, 7) is 8.24. The van der Waals surface area contributed by atoms with Gasteiger partial charge < -0.3 is 4.90 Å². The second-order valence-electron chi connectivity index (χ2n) is 7.98. The first-order chi connectivity index (χ1) is 17.6. The van der Waals surface area contributed by atoms with E-state index in [0.29, 0.717) is 0 Å². The summed E-state index contributed by atoms with van der Waals surface area (Å²) < 4.78 is 0. The van der Waals surface area contributed by atoms with Crippen molar-refractivity contribution in [2.24, 2.45) is 30.7 Å². The standard InChI is InChI=1S/C28H28N8/c1-4-36(5-2)27-13-10-24(11-14-27)31-34-26-12-15-28(21(3)20-26)35-33-23-8-6-22(7-9-23)30-32-25-16-18-29-19-17-25/h6-20H,4-5H2,1-3H3. The summed E-state index contributed by atoms with van der Waals surface area (Å²) in [4.78, 5) is 6.26. The Morgan fingerprint density at radius 1 is 0.556 bits per heavy atom. The van der Waals surface area contributed by atoms with E-state index in [1.54, 1.807) is 24.5 Å². The van der Waals surface area contributed by atoms with Gasteiger partial charge in [-0.3, -0.25) is 4.98 Å². The molecule has 8 nitrogen and oxygen atoms in total. The summed E-state index contributed by atoms with van der Waals surface area (Å²) in [5.74, 6) is 0. The Bertz CT molecular complexity index is 1340. The third-order valence-electron chi connectivity index (χ3n) is 5.51. The van der Waals surface area contributed by atoms with Gasteiger partial charge in [0.05, 0.1) is 34.1 Å². The average molecular weight is 477 g/mol. The van der Waals surface area contributed by atoms with Gasteiger partial charge in [0.15, 0.2) is 0 Å². The van der Waals surface area contributed by atoms with E-state index in [0.717, 1.165) is 52.8 Å². The van der Waals surface area contributed by atoms with Crippen LogP contribution >= 0.6 is 0 Å². The van der Waals surface area contributed by atoms with E-state index >= 15 is 0 Å². The lowest BCUT2D eigenvalue weighted by Crippen LogP contribution is -2.21. The van der Waals surface area contributed by atoms with Gasteiger partial charge >= 0.3 is 0 Å². The van der Waals surface area contributed by atoms with Crippen molar-refractivity contribution in [1.29, 1.82) is 0 Å². The summed E-state index contributed by atoms with van der Waals surface area (Å²) in [5, 5.41) is 25.9. The lowest BCUT2D eigenvalue weighted by atomic mass is 10.2. The van der Waals surface area contributed by atoms with Crippen LogP contribution in [0.25, 0.3) is 0 Å². The lowest BCUT2D eigenvalue weighted by molar-refractivity contribution is 0.866. The molecule has 0 bridgehead atoms. The second-order valence-corrected chi connectivity index (χ2v) is 7.98. The maximum atomic E-state index is 4.39. The number of anilines is 1. The minimum absolute atomic E-state index is 0.731. The van der Waals surface area contributed by atoms with Gasteiger partial charge in [0.1, 0.15) is 0 Å². The maximum absolute atomic E-state index is 4.39. The highest BCUT2D eigenvalue weighted by molar-refractivity contribution is 5.55. The van der Waals surface area contributed by atoms with Crippen LogP contribution in [0.2, 0.25) is 0 Å². The van der Waals surface area contributed by atoms with Crippen molar-refractivity contribution >= 4 is 39.8 Å². The summed E-state index contributed by atoms with van der Waals surface area (Å²) in [6, 6.07) is 24.9. The summed E-state index contributed by atoms with van der Waals surface area (Å²) >= 11 is 0. The highest BCUT2D eigenvalue weighted by atomic mass is 15.1. The number of hydrogen-bond donors (Lipinski definition) is 0. The molecule has 0 amide bonds. The Labute approximate surface area is 211 Å². The van der Waals surface area contributed by atoms with Crippen LogP contribution in [0, 0.1) is 6.92 Å². The first kappa shape index (κ1) is 24.5. The minimum Gasteiger partial charge on any atom is -0.372 e. The van der Waals surface area contributed by atoms with Crippen molar-refractivity contribution in [3.05, 3.63) is 96.8 Å². The van der Waals surface area contributed by atoms with Crippen LogP contribution in [0.15, 0.2) is 122 Å². The minimum atomic E-state index is 0.731. The summed E-state index contributed by atoms with van der Waals surface area (Å²) in [6.07, 6.45) is 3.36. The largest absolute Gasteiger partial charge is 0.372 e. The molecule has 0 aliphatic carbocycles. The maximum Gasteiger partial charge on any atom is 0.0887 e. The fourth-order valence-electron chi connectivity index (χ4n) is 3.47. The number of azo groups is 3. The van der Waals surface area contributed by atoms with Crippen LogP contribution in [0.1, 0.15) is 19.4 Å². The molecule has 0 N–H and O–H groups in total. The highest BCUT2D eigenvalue weighted by Gasteiger charge is 2.02. The Balaban J connectivity index is 1.37. The molecule has 4 aromatic rings. The molecule has 1 aromatic heterocycles. The van der Waals surface area contributed by atoms with E-state index in [9.17, 15) is 0 Å². The van der Waals surface area contributed by atoms with Crippen LogP contribution in [-0.4, -0.2) is 18.1 Å². The van der Waals surface area contributed by atoms with E-state index in [-0.39, 0.29) is 0 Å². The quantitative estimate of drug-likeness (QED) is 0.225. The van der Waals surface area contributed by atoms with Crippen molar-refractivity contribution in [2.75, 3.05) is 18.0 Å². The number of rotatable bonds is 9. The van der Waals surface area contributed by atoms with Crippen molar-refractivity contribution < 1.29 is 0 Å². The molecule has 0 unspecified atom stereocenters. The molecular weight excluding hydrogens is 448 g/mol. The van der Waals surface area contributed by atoms with Crippen molar-refractivity contribution in [3.63, 3.8) is 0 Å². The highest BCUT2D eigenvalue weighted by Crippen LogP contribution is 2.28. The Morgan fingerprint density at radius 3 is 1.53 bits per heavy atom. The number of aryl methyl sites for hydroxylation is 1. The fraction of sp³-hybridized carbons (Fsp3) is 0.179. The molecule has 0 aliphatic rings. The van der Waals surface area contributed by atoms with Crippen LogP contribution in [0.3, 0.4) is 0 Å². The number of pyridine rings is 1. The molecule has 0 saturated carbocycles. The summed E-state index contributed by atoms with van der Waals surface area (Å²) in [7, 11) is 0. The molecule has 180 valence electrons. The zero-order valence-corrected chi connectivity index (χ0v) is 20.7. The van der Waals surface area contributed by atoms with E-state index in [4.69, 9.17) is 0 Å². The van der Waals surface area contributed by atoms with E-state index < -0.39 is 0 Å². The topological polar surface area (TPSA) is 90.3 Å². The number of benzene rings is 3. The molecule has 3 aromatic carbocycles. The van der Waals surface area contributed by atoms with Gasteiger partial charge in [-0.15, -0.1) is 0 Å². The summed E-state index contributed by atoms with van der Waals surface area (Å²) in [5.41, 5.74) is 6.73. The van der Waals surface area contributed by atoms with Gasteiger partial charge in [0.2, 0.25) is 0 Å². The molecule has 0 saturated heterocycles. The second kappa shape index (κ2) is 12.2. The van der Waals surface area contributed by atoms with E-state index in [1.807, 2.05) is 61.5 Å².